The van der Waals surface area contributed by atoms with Gasteiger partial charge in [-0.3, -0.25) is 4.90 Å². The van der Waals surface area contributed by atoms with Gasteiger partial charge in [-0.2, -0.15) is 0 Å². The van der Waals surface area contributed by atoms with Gasteiger partial charge in [-0.15, -0.1) is 0 Å². The number of nitrogens with zero attached hydrogens (tertiary/aromatic N) is 3. The molecule has 1 aliphatic rings. The molecule has 1 fully saturated rings. The fourth-order valence-corrected chi connectivity index (χ4v) is 3.18. The maximum absolute atomic E-state index is 8.91. The molecule has 5 heteroatoms. The lowest BCUT2D eigenvalue weighted by atomic mass is 10.0. The maximum atomic E-state index is 8.91. The van der Waals surface area contributed by atoms with Crippen molar-refractivity contribution in [3.63, 3.8) is 0 Å². The predicted molar refractivity (Wildman–Crippen MR) is 79.9 cm³/mol. The summed E-state index contributed by atoms with van der Waals surface area (Å²) in [6, 6.07) is 3.81. The smallest absolute Gasteiger partial charge is 0.137 e. The minimum atomic E-state index is 0.308. The average molecular weight is 294 g/mol. The van der Waals surface area contributed by atoms with Crippen LogP contribution in [0.1, 0.15) is 25.0 Å². The van der Waals surface area contributed by atoms with Gasteiger partial charge < -0.3 is 9.51 Å². The topological polar surface area (TPSA) is 40.8 Å². The van der Waals surface area contributed by atoms with Gasteiger partial charge in [-0.1, -0.05) is 11.6 Å². The van der Waals surface area contributed by atoms with Gasteiger partial charge in [0, 0.05) is 25.9 Å². The van der Waals surface area contributed by atoms with E-state index in [9.17, 15) is 0 Å². The highest BCUT2D eigenvalue weighted by Gasteiger charge is 2.22. The second-order valence-electron chi connectivity index (χ2n) is 5.58. The zero-order chi connectivity index (χ0) is 13.9. The summed E-state index contributed by atoms with van der Waals surface area (Å²) in [6.45, 7) is 3.47. The number of hydrogen-bond acceptors (Lipinski definition) is 3. The quantitative estimate of drug-likeness (QED) is 0.921. The first kappa shape index (κ1) is 13.9. The van der Waals surface area contributed by atoms with E-state index in [1.807, 2.05) is 24.5 Å². The van der Waals surface area contributed by atoms with Gasteiger partial charge in [0.2, 0.25) is 0 Å². The van der Waals surface area contributed by atoms with Crippen molar-refractivity contribution in [2.45, 2.75) is 25.8 Å². The molecular weight excluding hydrogens is 274 g/mol. The number of fused-ring (bicyclic) bond motifs is 1. The molecule has 1 saturated heterocycles. The molecule has 4 nitrogen and oxygen atoms in total. The van der Waals surface area contributed by atoms with E-state index in [1.54, 1.807) is 0 Å². The van der Waals surface area contributed by atoms with Crippen molar-refractivity contribution in [2.75, 3.05) is 19.7 Å². The summed E-state index contributed by atoms with van der Waals surface area (Å²) < 4.78 is 2.07. The van der Waals surface area contributed by atoms with E-state index in [4.69, 9.17) is 16.7 Å². The van der Waals surface area contributed by atoms with Crippen LogP contribution in [-0.2, 0) is 6.54 Å². The van der Waals surface area contributed by atoms with Crippen LogP contribution >= 0.6 is 11.6 Å². The molecule has 0 amide bonds. The molecule has 0 aliphatic carbocycles. The van der Waals surface area contributed by atoms with E-state index < -0.39 is 0 Å². The highest BCUT2D eigenvalue weighted by molar-refractivity contribution is 6.30. The summed E-state index contributed by atoms with van der Waals surface area (Å²) in [5.41, 5.74) is 2.13. The zero-order valence-corrected chi connectivity index (χ0v) is 12.3. The van der Waals surface area contributed by atoms with Crippen LogP contribution in [0.3, 0.4) is 0 Å². The Bertz CT molecular complexity index is 584. The second kappa shape index (κ2) is 6.12. The Labute approximate surface area is 124 Å². The lowest BCUT2D eigenvalue weighted by molar-refractivity contribution is 0.264. The van der Waals surface area contributed by atoms with Gasteiger partial charge in [0.25, 0.3) is 0 Å². The maximum Gasteiger partial charge on any atom is 0.137 e. The third kappa shape index (κ3) is 2.97. The van der Waals surface area contributed by atoms with E-state index in [1.165, 1.54) is 12.1 Å². The SMILES string of the molecule is OCCCC1CCN(Cc2cnc3ccc(Cl)cn23)C1. The summed E-state index contributed by atoms with van der Waals surface area (Å²) in [5.74, 6) is 0.727. The molecule has 0 aromatic carbocycles. The minimum Gasteiger partial charge on any atom is -0.396 e. The van der Waals surface area contributed by atoms with E-state index in [2.05, 4.69) is 14.3 Å². The molecule has 20 heavy (non-hydrogen) atoms. The molecule has 0 bridgehead atoms. The molecule has 1 N–H and O–H groups in total. The van der Waals surface area contributed by atoms with Gasteiger partial charge in [0.05, 0.1) is 16.9 Å². The molecule has 1 unspecified atom stereocenters. The largest absolute Gasteiger partial charge is 0.396 e. The average Bonchev–Trinajstić information content (AvgIpc) is 3.05. The predicted octanol–water partition coefficient (Wildman–Crippen LogP) is 2.58. The Balaban J connectivity index is 1.67. The molecule has 3 heterocycles. The Hall–Kier alpha value is -1.10. The van der Waals surface area contributed by atoms with Crippen LogP contribution in [0.4, 0.5) is 0 Å². The Morgan fingerprint density at radius 2 is 2.30 bits per heavy atom. The number of rotatable bonds is 5. The zero-order valence-electron chi connectivity index (χ0n) is 11.5. The van der Waals surface area contributed by atoms with Gasteiger partial charge >= 0.3 is 0 Å². The number of likely N-dealkylation sites (tertiary alicyclic amines) is 1. The van der Waals surface area contributed by atoms with Crippen LogP contribution in [0, 0.1) is 5.92 Å². The van der Waals surface area contributed by atoms with Gasteiger partial charge in [-0.05, 0) is 43.9 Å². The fourth-order valence-electron chi connectivity index (χ4n) is 3.02. The summed E-state index contributed by atoms with van der Waals surface area (Å²) in [7, 11) is 0. The van der Waals surface area contributed by atoms with Crippen molar-refractivity contribution in [3.8, 4) is 0 Å². The molecule has 2 aromatic heterocycles. The van der Waals surface area contributed by atoms with E-state index in [-0.39, 0.29) is 0 Å². The van der Waals surface area contributed by atoms with Crippen LogP contribution in [0.15, 0.2) is 24.5 Å². The van der Waals surface area contributed by atoms with Gasteiger partial charge in [-0.25, -0.2) is 4.98 Å². The molecular formula is C15H20ClN3O. The third-order valence-corrected chi connectivity index (χ3v) is 4.30. The standard InChI is InChI=1S/C15H20ClN3O/c16-13-3-4-15-17-8-14(19(15)10-13)11-18-6-5-12(9-18)2-1-7-20/h3-4,8,10,12,20H,1-2,5-7,9,11H2. The number of hydrogen-bond donors (Lipinski definition) is 1. The Morgan fingerprint density at radius 3 is 3.15 bits per heavy atom. The molecule has 1 atom stereocenters. The molecule has 0 radical (unpaired) electrons. The van der Waals surface area contributed by atoms with Gasteiger partial charge in [0.15, 0.2) is 0 Å². The van der Waals surface area contributed by atoms with Crippen LogP contribution in [0.5, 0.6) is 0 Å². The number of halogens is 1. The third-order valence-electron chi connectivity index (χ3n) is 4.07. The molecule has 2 aromatic rings. The van der Waals surface area contributed by atoms with Gasteiger partial charge in [0.1, 0.15) is 5.65 Å². The fraction of sp³-hybridized carbons (Fsp3) is 0.533. The number of aromatic nitrogens is 2. The highest BCUT2D eigenvalue weighted by atomic mass is 35.5. The summed E-state index contributed by atoms with van der Waals surface area (Å²) >= 11 is 6.06. The Morgan fingerprint density at radius 1 is 1.40 bits per heavy atom. The first-order valence-corrected chi connectivity index (χ1v) is 7.59. The van der Waals surface area contributed by atoms with E-state index >= 15 is 0 Å². The van der Waals surface area contributed by atoms with E-state index in [0.717, 1.165) is 49.1 Å². The summed E-state index contributed by atoms with van der Waals surface area (Å²) in [6.07, 6.45) is 7.15. The van der Waals surface area contributed by atoms with Crippen molar-refractivity contribution in [2.24, 2.45) is 5.92 Å². The Kier molecular flexibility index (Phi) is 4.24. The first-order valence-electron chi connectivity index (χ1n) is 7.21. The van der Waals surface area contributed by atoms with Crippen LogP contribution in [0.2, 0.25) is 5.02 Å². The van der Waals surface area contributed by atoms with Crippen LogP contribution < -0.4 is 0 Å². The number of imidazole rings is 1. The molecule has 0 spiro atoms. The normalized spacial score (nSPS) is 20.0. The second-order valence-corrected chi connectivity index (χ2v) is 6.02. The molecule has 108 valence electrons. The van der Waals surface area contributed by atoms with Crippen molar-refractivity contribution in [3.05, 3.63) is 35.2 Å². The summed E-state index contributed by atoms with van der Waals surface area (Å²) in [4.78, 5) is 6.88. The monoisotopic (exact) mass is 293 g/mol. The minimum absolute atomic E-state index is 0.308. The highest BCUT2D eigenvalue weighted by Crippen LogP contribution is 2.23. The van der Waals surface area contributed by atoms with Crippen LogP contribution in [-0.4, -0.2) is 39.1 Å². The molecule has 0 saturated carbocycles. The lowest BCUT2D eigenvalue weighted by Gasteiger charge is -2.15. The summed E-state index contributed by atoms with van der Waals surface area (Å²) in [5, 5.41) is 9.64. The van der Waals surface area contributed by atoms with Crippen molar-refractivity contribution < 1.29 is 5.11 Å². The number of pyridine rings is 1. The van der Waals surface area contributed by atoms with Crippen molar-refractivity contribution >= 4 is 17.2 Å². The van der Waals surface area contributed by atoms with E-state index in [0.29, 0.717) is 6.61 Å². The van der Waals surface area contributed by atoms with Crippen LogP contribution in [0.25, 0.3) is 5.65 Å². The first-order chi connectivity index (χ1) is 9.76. The van der Waals surface area contributed by atoms with Crippen molar-refractivity contribution in [1.82, 2.24) is 14.3 Å². The molecule has 1 aliphatic heterocycles. The van der Waals surface area contributed by atoms with Crippen molar-refractivity contribution in [1.29, 1.82) is 0 Å². The molecule has 3 rings (SSSR count). The lowest BCUT2D eigenvalue weighted by Crippen LogP contribution is -2.21. The number of aliphatic hydroxyl groups excluding tert-OH is 1. The number of aliphatic hydroxyl groups is 1.